The summed E-state index contributed by atoms with van der Waals surface area (Å²) < 4.78 is 12.7. The van der Waals surface area contributed by atoms with Crippen LogP contribution in [0, 0.1) is 12.7 Å². The highest BCUT2D eigenvalue weighted by Gasteiger charge is 2.17. The molecule has 0 saturated heterocycles. The van der Waals surface area contributed by atoms with E-state index < -0.39 is 0 Å². The van der Waals surface area contributed by atoms with Gasteiger partial charge in [-0.05, 0) is 37.4 Å². The number of nitrogens with one attached hydrogen (secondary N) is 2. The minimum Gasteiger partial charge on any atom is -0.322 e. The Morgan fingerprint density at radius 1 is 1.39 bits per heavy atom. The highest BCUT2D eigenvalue weighted by molar-refractivity contribution is 7.98. The maximum atomic E-state index is 12.7. The van der Waals surface area contributed by atoms with E-state index in [1.807, 2.05) is 6.26 Å². The van der Waals surface area contributed by atoms with E-state index in [1.54, 1.807) is 6.92 Å². The SMILES string of the molecule is CSc1n[nH]c(C)c1C(=O)Nc1ccc(F)cc1. The molecule has 0 bridgehead atoms. The quantitative estimate of drug-likeness (QED) is 0.839. The third kappa shape index (κ3) is 2.53. The van der Waals surface area contributed by atoms with Crippen LogP contribution in [-0.2, 0) is 0 Å². The molecular formula is C12H12FN3OS. The van der Waals surface area contributed by atoms with Gasteiger partial charge in [-0.3, -0.25) is 9.89 Å². The van der Waals surface area contributed by atoms with Gasteiger partial charge in [0.05, 0.1) is 5.56 Å². The predicted octanol–water partition coefficient (Wildman–Crippen LogP) is 2.83. The van der Waals surface area contributed by atoms with Crippen LogP contribution in [0.25, 0.3) is 0 Å². The number of thioether (sulfide) groups is 1. The first-order chi connectivity index (χ1) is 8.61. The van der Waals surface area contributed by atoms with Crippen LogP contribution in [0.5, 0.6) is 0 Å². The Morgan fingerprint density at radius 3 is 2.67 bits per heavy atom. The lowest BCUT2D eigenvalue weighted by atomic mass is 10.2. The summed E-state index contributed by atoms with van der Waals surface area (Å²) in [5.41, 5.74) is 1.78. The van der Waals surface area contributed by atoms with Gasteiger partial charge in [-0.1, -0.05) is 0 Å². The molecule has 0 saturated carbocycles. The summed E-state index contributed by atoms with van der Waals surface area (Å²) in [4.78, 5) is 12.1. The summed E-state index contributed by atoms with van der Waals surface area (Å²) in [5.74, 6) is -0.588. The Labute approximate surface area is 108 Å². The molecule has 0 aliphatic rings. The fraction of sp³-hybridized carbons (Fsp3) is 0.167. The van der Waals surface area contributed by atoms with Crippen molar-refractivity contribution in [1.29, 1.82) is 0 Å². The van der Waals surface area contributed by atoms with Crippen LogP contribution in [0.2, 0.25) is 0 Å². The van der Waals surface area contributed by atoms with Gasteiger partial charge in [0.1, 0.15) is 10.8 Å². The van der Waals surface area contributed by atoms with Gasteiger partial charge in [-0.25, -0.2) is 4.39 Å². The second-order valence-corrected chi connectivity index (χ2v) is 4.49. The zero-order valence-electron chi connectivity index (χ0n) is 9.95. The van der Waals surface area contributed by atoms with Gasteiger partial charge in [0.15, 0.2) is 0 Å². The summed E-state index contributed by atoms with van der Waals surface area (Å²) in [6.45, 7) is 1.78. The normalized spacial score (nSPS) is 10.4. The van der Waals surface area contributed by atoms with Crippen molar-refractivity contribution in [3.05, 3.63) is 41.3 Å². The number of H-pyrrole nitrogens is 1. The van der Waals surface area contributed by atoms with Crippen LogP contribution in [0.4, 0.5) is 10.1 Å². The Morgan fingerprint density at radius 2 is 2.06 bits per heavy atom. The number of aromatic amines is 1. The fourth-order valence-corrected chi connectivity index (χ4v) is 2.14. The van der Waals surface area contributed by atoms with Crippen molar-refractivity contribution in [3.8, 4) is 0 Å². The van der Waals surface area contributed by atoms with Crippen LogP contribution in [0.15, 0.2) is 29.3 Å². The predicted molar refractivity (Wildman–Crippen MR) is 69.5 cm³/mol. The molecule has 0 aliphatic carbocycles. The van der Waals surface area contributed by atoms with Gasteiger partial charge < -0.3 is 5.32 Å². The van der Waals surface area contributed by atoms with Gasteiger partial charge in [0.25, 0.3) is 5.91 Å². The zero-order valence-corrected chi connectivity index (χ0v) is 10.8. The van der Waals surface area contributed by atoms with Gasteiger partial charge in [0, 0.05) is 11.4 Å². The number of aromatic nitrogens is 2. The molecule has 0 spiro atoms. The van der Waals surface area contributed by atoms with Crippen molar-refractivity contribution in [2.75, 3.05) is 11.6 Å². The first-order valence-electron chi connectivity index (χ1n) is 5.27. The van der Waals surface area contributed by atoms with Crippen LogP contribution in [0.1, 0.15) is 16.1 Å². The monoisotopic (exact) mass is 265 g/mol. The van der Waals surface area contributed by atoms with Crippen LogP contribution in [-0.4, -0.2) is 22.4 Å². The van der Waals surface area contributed by atoms with E-state index in [0.717, 1.165) is 0 Å². The zero-order chi connectivity index (χ0) is 13.1. The number of rotatable bonds is 3. The smallest absolute Gasteiger partial charge is 0.260 e. The van der Waals surface area contributed by atoms with Gasteiger partial charge in [-0.15, -0.1) is 11.8 Å². The number of carbonyl (C=O) groups is 1. The molecule has 0 radical (unpaired) electrons. The highest BCUT2D eigenvalue weighted by Crippen LogP contribution is 2.21. The molecule has 0 fully saturated rings. The van der Waals surface area contributed by atoms with Crippen LogP contribution in [0.3, 0.4) is 0 Å². The van der Waals surface area contributed by atoms with Crippen molar-refractivity contribution in [3.63, 3.8) is 0 Å². The lowest BCUT2D eigenvalue weighted by Gasteiger charge is -2.05. The molecule has 2 rings (SSSR count). The van der Waals surface area contributed by atoms with Crippen molar-refractivity contribution >= 4 is 23.4 Å². The maximum Gasteiger partial charge on any atom is 0.260 e. The highest BCUT2D eigenvalue weighted by atomic mass is 32.2. The van der Waals surface area contributed by atoms with Gasteiger partial charge >= 0.3 is 0 Å². The van der Waals surface area contributed by atoms with Crippen LogP contribution < -0.4 is 5.32 Å². The van der Waals surface area contributed by atoms with Crippen LogP contribution >= 0.6 is 11.8 Å². The second-order valence-electron chi connectivity index (χ2n) is 3.69. The molecule has 18 heavy (non-hydrogen) atoms. The number of aryl methyl sites for hydroxylation is 1. The Hall–Kier alpha value is -1.82. The molecule has 4 nitrogen and oxygen atoms in total. The van der Waals surface area contributed by atoms with E-state index >= 15 is 0 Å². The third-order valence-corrected chi connectivity index (χ3v) is 3.12. The summed E-state index contributed by atoms with van der Waals surface area (Å²) in [7, 11) is 0. The first kappa shape index (κ1) is 12.6. The molecule has 94 valence electrons. The van der Waals surface area contributed by atoms with E-state index in [-0.39, 0.29) is 11.7 Å². The largest absolute Gasteiger partial charge is 0.322 e. The molecule has 2 aromatic rings. The molecule has 6 heteroatoms. The van der Waals surface area contributed by atoms with E-state index in [2.05, 4.69) is 15.5 Å². The Kier molecular flexibility index (Phi) is 3.66. The lowest BCUT2D eigenvalue weighted by molar-refractivity contribution is 0.102. The van der Waals surface area contributed by atoms with E-state index in [1.165, 1.54) is 36.0 Å². The number of nitrogens with zero attached hydrogens (tertiary/aromatic N) is 1. The molecule has 1 aromatic carbocycles. The third-order valence-electron chi connectivity index (χ3n) is 2.44. The molecule has 0 unspecified atom stereocenters. The number of benzene rings is 1. The average Bonchev–Trinajstić information content (AvgIpc) is 2.73. The molecular weight excluding hydrogens is 253 g/mol. The fourth-order valence-electron chi connectivity index (χ4n) is 1.55. The maximum absolute atomic E-state index is 12.7. The summed E-state index contributed by atoms with van der Waals surface area (Å²) >= 11 is 1.39. The average molecular weight is 265 g/mol. The number of halogens is 1. The van der Waals surface area contributed by atoms with E-state index in [9.17, 15) is 9.18 Å². The van der Waals surface area contributed by atoms with Crippen molar-refractivity contribution < 1.29 is 9.18 Å². The summed E-state index contributed by atoms with van der Waals surface area (Å²) in [6.07, 6.45) is 1.85. The minimum atomic E-state index is -0.336. The van der Waals surface area contributed by atoms with Gasteiger partial charge in [0.2, 0.25) is 0 Å². The topological polar surface area (TPSA) is 57.8 Å². The van der Waals surface area contributed by atoms with E-state index in [0.29, 0.717) is 22.0 Å². The molecule has 2 N–H and O–H groups in total. The molecule has 1 aromatic heterocycles. The van der Waals surface area contributed by atoms with Crippen molar-refractivity contribution in [2.45, 2.75) is 11.9 Å². The van der Waals surface area contributed by atoms with E-state index in [4.69, 9.17) is 0 Å². The summed E-state index contributed by atoms with van der Waals surface area (Å²) in [6, 6.07) is 5.63. The number of anilines is 1. The lowest BCUT2D eigenvalue weighted by Crippen LogP contribution is -2.13. The molecule has 1 amide bonds. The molecule has 1 heterocycles. The minimum absolute atomic E-state index is 0.253. The number of amides is 1. The molecule has 0 atom stereocenters. The standard InChI is InChI=1S/C12H12FN3OS/c1-7-10(12(18-2)16-15-7)11(17)14-9-5-3-8(13)4-6-9/h3-6H,1-2H3,(H,14,17)(H,15,16). The van der Waals surface area contributed by atoms with Crippen molar-refractivity contribution in [1.82, 2.24) is 10.2 Å². The van der Waals surface area contributed by atoms with Crippen molar-refractivity contribution in [2.24, 2.45) is 0 Å². The first-order valence-corrected chi connectivity index (χ1v) is 6.50. The second kappa shape index (κ2) is 5.22. The number of carbonyl (C=O) groups excluding carboxylic acids is 1. The summed E-state index contributed by atoms with van der Waals surface area (Å²) in [5, 5.41) is 10.2. The Balaban J connectivity index is 2.21. The van der Waals surface area contributed by atoms with Gasteiger partial charge in [-0.2, -0.15) is 5.10 Å². The number of hydrogen-bond donors (Lipinski definition) is 2. The number of hydrogen-bond acceptors (Lipinski definition) is 3. The molecule has 0 aliphatic heterocycles. The Bertz CT molecular complexity index is 565.